The molecule has 0 atom stereocenters. The van der Waals surface area contributed by atoms with Gasteiger partial charge in [-0.15, -0.1) is 0 Å². The van der Waals surface area contributed by atoms with Crippen LogP contribution in [0, 0.1) is 12.8 Å². The van der Waals surface area contributed by atoms with E-state index in [-0.39, 0.29) is 6.61 Å². The first-order chi connectivity index (χ1) is 12.8. The number of carbonyl (C=O) groups excluding carboxylic acids is 2. The van der Waals surface area contributed by atoms with Crippen molar-refractivity contribution in [2.24, 2.45) is 5.92 Å². The van der Waals surface area contributed by atoms with Gasteiger partial charge in [-0.2, -0.15) is 0 Å². The third-order valence-electron chi connectivity index (χ3n) is 3.46. The molecule has 144 valence electrons. The van der Waals surface area contributed by atoms with Crippen molar-refractivity contribution in [3.63, 3.8) is 0 Å². The highest BCUT2D eigenvalue weighted by Gasteiger charge is 2.09. The normalized spacial score (nSPS) is 10.4. The second kappa shape index (κ2) is 9.97. The molecule has 6 nitrogen and oxygen atoms in total. The lowest BCUT2D eigenvalue weighted by Gasteiger charge is -2.11. The maximum Gasteiger partial charge on any atom is 0.276 e. The molecule has 0 saturated carbocycles. The monoisotopic (exact) mass is 434 g/mol. The number of benzene rings is 2. The van der Waals surface area contributed by atoms with Gasteiger partial charge in [-0.05, 0) is 70.7 Å². The Hall–Kier alpha value is -2.54. The Morgan fingerprint density at radius 1 is 1.04 bits per heavy atom. The van der Waals surface area contributed by atoms with Crippen molar-refractivity contribution in [1.82, 2.24) is 10.9 Å². The van der Waals surface area contributed by atoms with Gasteiger partial charge >= 0.3 is 0 Å². The number of ether oxygens (including phenoxy) is 2. The molecule has 2 rings (SSSR count). The lowest BCUT2D eigenvalue weighted by molar-refractivity contribution is -0.123. The second-order valence-corrected chi connectivity index (χ2v) is 7.31. The van der Waals surface area contributed by atoms with Crippen LogP contribution in [0.3, 0.4) is 0 Å². The Kier molecular flexibility index (Phi) is 7.67. The third kappa shape index (κ3) is 6.94. The van der Waals surface area contributed by atoms with Crippen LogP contribution in [0.2, 0.25) is 0 Å². The Morgan fingerprint density at radius 2 is 1.74 bits per heavy atom. The molecule has 0 bridgehead atoms. The van der Waals surface area contributed by atoms with Gasteiger partial charge in [0.2, 0.25) is 0 Å². The van der Waals surface area contributed by atoms with Crippen LogP contribution in [0.15, 0.2) is 46.9 Å². The van der Waals surface area contributed by atoms with Gasteiger partial charge in [0.05, 0.1) is 11.1 Å². The number of hydrogen-bond donors (Lipinski definition) is 2. The van der Waals surface area contributed by atoms with Gasteiger partial charge in [0, 0.05) is 5.56 Å². The first-order valence-electron chi connectivity index (χ1n) is 8.56. The zero-order valence-electron chi connectivity index (χ0n) is 15.5. The van der Waals surface area contributed by atoms with E-state index in [1.165, 1.54) is 0 Å². The fraction of sp³-hybridized carbons (Fsp3) is 0.300. The van der Waals surface area contributed by atoms with E-state index in [2.05, 4.69) is 40.6 Å². The minimum atomic E-state index is -0.465. The summed E-state index contributed by atoms with van der Waals surface area (Å²) >= 11 is 3.38. The molecule has 7 heteroatoms. The van der Waals surface area contributed by atoms with E-state index in [0.717, 1.165) is 10.0 Å². The molecule has 0 aliphatic heterocycles. The molecule has 0 fully saturated rings. The fourth-order valence-electron chi connectivity index (χ4n) is 2.07. The van der Waals surface area contributed by atoms with Crippen molar-refractivity contribution in [3.05, 3.63) is 58.1 Å². The van der Waals surface area contributed by atoms with Crippen LogP contribution in [0.25, 0.3) is 0 Å². The van der Waals surface area contributed by atoms with Gasteiger partial charge in [-0.25, -0.2) is 0 Å². The highest BCUT2D eigenvalue weighted by Crippen LogP contribution is 2.25. The van der Waals surface area contributed by atoms with Gasteiger partial charge in [-0.3, -0.25) is 20.4 Å². The summed E-state index contributed by atoms with van der Waals surface area (Å²) in [5.41, 5.74) is 6.17. The summed E-state index contributed by atoms with van der Waals surface area (Å²) in [6.07, 6.45) is 0. The molecule has 2 aromatic rings. The highest BCUT2D eigenvalue weighted by molar-refractivity contribution is 9.10. The largest absolute Gasteiger partial charge is 0.493 e. The van der Waals surface area contributed by atoms with E-state index >= 15 is 0 Å². The first kappa shape index (κ1) is 20.8. The van der Waals surface area contributed by atoms with Crippen LogP contribution in [0.5, 0.6) is 11.5 Å². The fourth-order valence-corrected chi connectivity index (χ4v) is 2.67. The summed E-state index contributed by atoms with van der Waals surface area (Å²) in [7, 11) is 0. The topological polar surface area (TPSA) is 76.7 Å². The number of amides is 2. The number of hydrazine groups is 1. The van der Waals surface area contributed by atoms with Crippen molar-refractivity contribution in [2.75, 3.05) is 13.2 Å². The first-order valence-corrected chi connectivity index (χ1v) is 9.35. The second-order valence-electron chi connectivity index (χ2n) is 6.45. The standard InChI is InChI=1S/C20H23BrN2O4/c1-13(2)11-26-16-7-5-15(6-8-16)20(25)23-22-19(24)12-27-18-9-4-14(3)10-17(18)21/h4-10,13H,11-12H2,1-3H3,(H,22,24)(H,23,25). The van der Waals surface area contributed by atoms with Crippen LogP contribution < -0.4 is 20.3 Å². The van der Waals surface area contributed by atoms with Crippen molar-refractivity contribution in [2.45, 2.75) is 20.8 Å². The van der Waals surface area contributed by atoms with E-state index in [4.69, 9.17) is 9.47 Å². The van der Waals surface area contributed by atoms with Gasteiger partial charge in [0.15, 0.2) is 6.61 Å². The molecule has 0 aliphatic rings. The van der Waals surface area contributed by atoms with E-state index < -0.39 is 11.8 Å². The number of hydrogen-bond acceptors (Lipinski definition) is 4. The summed E-state index contributed by atoms with van der Waals surface area (Å²) < 4.78 is 11.8. The molecule has 0 saturated heterocycles. The van der Waals surface area contributed by atoms with Crippen LogP contribution in [0.4, 0.5) is 0 Å². The van der Waals surface area contributed by atoms with Crippen molar-refractivity contribution < 1.29 is 19.1 Å². The lowest BCUT2D eigenvalue weighted by atomic mass is 10.2. The third-order valence-corrected chi connectivity index (χ3v) is 4.08. The molecule has 2 N–H and O–H groups in total. The van der Waals surface area contributed by atoms with Crippen LogP contribution in [-0.4, -0.2) is 25.0 Å². The molecule has 0 heterocycles. The summed E-state index contributed by atoms with van der Waals surface area (Å²) in [6.45, 7) is 6.47. The summed E-state index contributed by atoms with van der Waals surface area (Å²) in [6, 6.07) is 12.3. The Bertz CT molecular complexity index is 791. The van der Waals surface area contributed by atoms with Crippen molar-refractivity contribution >= 4 is 27.7 Å². The SMILES string of the molecule is Cc1ccc(OCC(=O)NNC(=O)c2ccc(OCC(C)C)cc2)c(Br)c1. The summed E-state index contributed by atoms with van der Waals surface area (Å²) in [5, 5.41) is 0. The van der Waals surface area contributed by atoms with E-state index in [1.807, 2.05) is 19.1 Å². The smallest absolute Gasteiger partial charge is 0.276 e. The predicted octanol–water partition coefficient (Wildman–Crippen LogP) is 3.63. The number of rotatable bonds is 7. The Morgan fingerprint density at radius 3 is 2.37 bits per heavy atom. The Balaban J connectivity index is 1.78. The Labute approximate surface area is 167 Å². The van der Waals surface area contributed by atoms with Crippen molar-refractivity contribution in [3.8, 4) is 11.5 Å². The van der Waals surface area contributed by atoms with Gasteiger partial charge in [0.25, 0.3) is 11.8 Å². The molecule has 0 aromatic heterocycles. The van der Waals surface area contributed by atoms with Gasteiger partial charge in [0.1, 0.15) is 11.5 Å². The average Bonchev–Trinajstić information content (AvgIpc) is 2.64. The zero-order valence-corrected chi connectivity index (χ0v) is 17.1. The molecule has 0 aliphatic carbocycles. The molecule has 0 unspecified atom stereocenters. The average molecular weight is 435 g/mol. The maximum atomic E-state index is 12.1. The number of aryl methyl sites for hydroxylation is 1. The van der Waals surface area contributed by atoms with E-state index in [0.29, 0.717) is 29.6 Å². The van der Waals surface area contributed by atoms with E-state index in [9.17, 15) is 9.59 Å². The predicted molar refractivity (Wildman–Crippen MR) is 107 cm³/mol. The maximum absolute atomic E-state index is 12.1. The molecular weight excluding hydrogens is 412 g/mol. The molecular formula is C20H23BrN2O4. The lowest BCUT2D eigenvalue weighted by Crippen LogP contribution is -2.43. The van der Waals surface area contributed by atoms with Crippen LogP contribution >= 0.6 is 15.9 Å². The molecule has 2 aromatic carbocycles. The molecule has 0 spiro atoms. The highest BCUT2D eigenvalue weighted by atomic mass is 79.9. The molecule has 27 heavy (non-hydrogen) atoms. The van der Waals surface area contributed by atoms with Gasteiger partial charge < -0.3 is 9.47 Å². The zero-order chi connectivity index (χ0) is 19.8. The quantitative estimate of drug-likeness (QED) is 0.652. The van der Waals surface area contributed by atoms with Crippen molar-refractivity contribution in [1.29, 1.82) is 0 Å². The number of nitrogens with one attached hydrogen (secondary N) is 2. The molecule has 0 radical (unpaired) electrons. The van der Waals surface area contributed by atoms with Crippen LogP contribution in [-0.2, 0) is 4.79 Å². The van der Waals surface area contributed by atoms with E-state index in [1.54, 1.807) is 30.3 Å². The summed E-state index contributed by atoms with van der Waals surface area (Å²) in [5.74, 6) is 0.786. The minimum absolute atomic E-state index is 0.218. The van der Waals surface area contributed by atoms with Gasteiger partial charge in [-0.1, -0.05) is 19.9 Å². The molecule has 2 amide bonds. The number of carbonyl (C=O) groups is 2. The minimum Gasteiger partial charge on any atom is -0.493 e. The summed E-state index contributed by atoms with van der Waals surface area (Å²) in [4.78, 5) is 23.9. The number of halogens is 1. The van der Waals surface area contributed by atoms with Crippen LogP contribution in [0.1, 0.15) is 29.8 Å².